The molecule has 0 radical (unpaired) electrons. The molecule has 0 spiro atoms. The second-order valence-corrected chi connectivity index (χ2v) is 5.26. The van der Waals surface area contributed by atoms with Gasteiger partial charge in [0.2, 0.25) is 10.0 Å². The Hall–Kier alpha value is -2.20. The van der Waals surface area contributed by atoms with Crippen molar-refractivity contribution in [2.45, 2.75) is 4.90 Å². The summed E-state index contributed by atoms with van der Waals surface area (Å²) in [6.45, 7) is -0.571. The summed E-state index contributed by atoms with van der Waals surface area (Å²) in [5.41, 5.74) is -0.492. The van der Waals surface area contributed by atoms with Gasteiger partial charge in [0, 0.05) is 6.07 Å². The van der Waals surface area contributed by atoms with Crippen molar-refractivity contribution < 1.29 is 27.6 Å². The molecule has 0 bridgehead atoms. The number of hydrogen-bond acceptors (Lipinski definition) is 7. The minimum Gasteiger partial charge on any atom is -0.490 e. The Balaban J connectivity index is 3.10. The van der Waals surface area contributed by atoms with Crippen molar-refractivity contribution in [3.8, 4) is 5.75 Å². The molecule has 1 N–H and O–H groups in total. The highest BCUT2D eigenvalue weighted by molar-refractivity contribution is 7.89. The predicted octanol–water partition coefficient (Wildman–Crippen LogP) is 0.0547. The Kier molecular flexibility index (Phi) is 5.00. The molecule has 0 aromatic heterocycles. The zero-order chi connectivity index (χ0) is 15.3. The number of esters is 1. The summed E-state index contributed by atoms with van der Waals surface area (Å²) in [7, 11) is -1.72. The Morgan fingerprint density at radius 2 is 2.05 bits per heavy atom. The Bertz CT molecular complexity index is 626. The lowest BCUT2D eigenvalue weighted by atomic mass is 10.3. The number of nitrogens with zero attached hydrogens (tertiary/aromatic N) is 1. The van der Waals surface area contributed by atoms with E-state index < -0.39 is 33.1 Å². The lowest BCUT2D eigenvalue weighted by Gasteiger charge is -2.07. The van der Waals surface area contributed by atoms with Crippen LogP contribution in [0.5, 0.6) is 5.75 Å². The first-order chi connectivity index (χ1) is 9.31. The highest BCUT2D eigenvalue weighted by atomic mass is 32.2. The molecule has 110 valence electrons. The third-order valence-corrected chi connectivity index (χ3v) is 3.69. The summed E-state index contributed by atoms with van der Waals surface area (Å²) in [5, 5.41) is 10.8. The summed E-state index contributed by atoms with van der Waals surface area (Å²) in [5.74, 6) is -0.849. The average Bonchev–Trinajstić information content (AvgIpc) is 2.43. The van der Waals surface area contributed by atoms with Gasteiger partial charge in [-0.2, -0.15) is 4.72 Å². The molecule has 0 saturated heterocycles. The molecule has 0 heterocycles. The van der Waals surface area contributed by atoms with E-state index in [2.05, 4.69) is 4.74 Å². The molecule has 1 aromatic rings. The number of carbonyl (C=O) groups is 1. The third kappa shape index (κ3) is 3.65. The minimum absolute atomic E-state index is 0.0677. The van der Waals surface area contributed by atoms with Gasteiger partial charge in [0.15, 0.2) is 5.75 Å². The van der Waals surface area contributed by atoms with E-state index in [-0.39, 0.29) is 10.6 Å². The fraction of sp³-hybridized carbons (Fsp3) is 0.300. The number of nitro groups is 1. The molecule has 0 amide bonds. The van der Waals surface area contributed by atoms with Gasteiger partial charge < -0.3 is 9.47 Å². The number of nitrogens with one attached hydrogen (secondary N) is 1. The van der Waals surface area contributed by atoms with Crippen LogP contribution in [-0.4, -0.2) is 40.1 Å². The van der Waals surface area contributed by atoms with E-state index in [0.717, 1.165) is 25.3 Å². The predicted molar refractivity (Wildman–Crippen MR) is 66.9 cm³/mol. The molecular formula is C10H12N2O7S. The summed E-state index contributed by atoms with van der Waals surface area (Å²) in [6.07, 6.45) is 0. The molecule has 1 aromatic carbocycles. The van der Waals surface area contributed by atoms with Crippen LogP contribution in [0.2, 0.25) is 0 Å². The van der Waals surface area contributed by atoms with Gasteiger partial charge in [-0.15, -0.1) is 0 Å². The van der Waals surface area contributed by atoms with Crippen LogP contribution < -0.4 is 9.46 Å². The Labute approximate surface area is 114 Å². The van der Waals surface area contributed by atoms with Crippen molar-refractivity contribution >= 4 is 21.7 Å². The van der Waals surface area contributed by atoms with Crippen molar-refractivity contribution in [3.05, 3.63) is 28.3 Å². The van der Waals surface area contributed by atoms with Gasteiger partial charge in [-0.05, 0) is 12.1 Å². The number of methoxy groups -OCH3 is 2. The van der Waals surface area contributed by atoms with E-state index in [4.69, 9.17) is 4.74 Å². The first kappa shape index (κ1) is 15.9. The molecule has 0 aliphatic carbocycles. The summed E-state index contributed by atoms with van der Waals surface area (Å²) in [6, 6.07) is 3.13. The number of hydrogen-bond donors (Lipinski definition) is 1. The number of carbonyl (C=O) groups excluding carboxylic acids is 1. The molecule has 20 heavy (non-hydrogen) atoms. The number of benzene rings is 1. The topological polar surface area (TPSA) is 125 Å². The van der Waals surface area contributed by atoms with Crippen molar-refractivity contribution in [2.75, 3.05) is 20.8 Å². The lowest BCUT2D eigenvalue weighted by Crippen LogP contribution is -2.30. The lowest BCUT2D eigenvalue weighted by molar-refractivity contribution is -0.386. The molecule has 0 saturated carbocycles. The first-order valence-electron chi connectivity index (χ1n) is 5.20. The quantitative estimate of drug-likeness (QED) is 0.447. The Morgan fingerprint density at radius 1 is 1.40 bits per heavy atom. The van der Waals surface area contributed by atoms with Crippen LogP contribution in [0.1, 0.15) is 0 Å². The van der Waals surface area contributed by atoms with Crippen LogP contribution in [0.3, 0.4) is 0 Å². The van der Waals surface area contributed by atoms with Crippen LogP contribution in [0.4, 0.5) is 5.69 Å². The van der Waals surface area contributed by atoms with E-state index in [9.17, 15) is 23.3 Å². The van der Waals surface area contributed by atoms with Crippen LogP contribution in [0, 0.1) is 10.1 Å². The van der Waals surface area contributed by atoms with Gasteiger partial charge >= 0.3 is 11.7 Å². The van der Waals surface area contributed by atoms with Crippen LogP contribution in [-0.2, 0) is 19.6 Å². The maximum absolute atomic E-state index is 11.8. The van der Waals surface area contributed by atoms with Gasteiger partial charge in [0.05, 0.1) is 24.0 Å². The van der Waals surface area contributed by atoms with Crippen LogP contribution in [0.25, 0.3) is 0 Å². The van der Waals surface area contributed by atoms with E-state index in [0.29, 0.717) is 0 Å². The molecule has 10 heteroatoms. The average molecular weight is 304 g/mol. The van der Waals surface area contributed by atoms with Gasteiger partial charge in [0.1, 0.15) is 6.54 Å². The number of ether oxygens (including phenoxy) is 2. The molecular weight excluding hydrogens is 292 g/mol. The smallest absolute Gasteiger partial charge is 0.320 e. The summed E-state index contributed by atoms with van der Waals surface area (Å²) < 4.78 is 34.7. The van der Waals surface area contributed by atoms with Crippen molar-refractivity contribution in [1.29, 1.82) is 0 Å². The normalized spacial score (nSPS) is 10.9. The second kappa shape index (κ2) is 6.30. The molecule has 0 unspecified atom stereocenters. The number of nitro benzene ring substituents is 1. The molecule has 0 aliphatic heterocycles. The summed E-state index contributed by atoms with van der Waals surface area (Å²) >= 11 is 0. The fourth-order valence-electron chi connectivity index (χ4n) is 1.29. The highest BCUT2D eigenvalue weighted by Crippen LogP contribution is 2.29. The molecule has 0 fully saturated rings. The molecule has 0 aliphatic rings. The van der Waals surface area contributed by atoms with Crippen LogP contribution in [0.15, 0.2) is 23.1 Å². The zero-order valence-corrected chi connectivity index (χ0v) is 11.5. The summed E-state index contributed by atoms with van der Waals surface area (Å²) in [4.78, 5) is 20.6. The van der Waals surface area contributed by atoms with E-state index in [1.807, 2.05) is 4.72 Å². The fourth-order valence-corrected chi connectivity index (χ4v) is 2.28. The van der Waals surface area contributed by atoms with Gasteiger partial charge in [-0.3, -0.25) is 14.9 Å². The van der Waals surface area contributed by atoms with Crippen molar-refractivity contribution in [3.63, 3.8) is 0 Å². The van der Waals surface area contributed by atoms with Crippen molar-refractivity contribution in [2.24, 2.45) is 0 Å². The highest BCUT2D eigenvalue weighted by Gasteiger charge is 2.22. The SMILES string of the molecule is COC(=O)CNS(=O)(=O)c1ccc(OC)c([N+](=O)[O-])c1. The van der Waals surface area contributed by atoms with E-state index in [1.165, 1.54) is 7.11 Å². The maximum Gasteiger partial charge on any atom is 0.320 e. The Morgan fingerprint density at radius 3 is 2.55 bits per heavy atom. The zero-order valence-electron chi connectivity index (χ0n) is 10.7. The monoisotopic (exact) mass is 304 g/mol. The standard InChI is InChI=1S/C10H12N2O7S/c1-18-9-4-3-7(5-8(9)12(14)15)20(16,17)11-6-10(13)19-2/h3-5,11H,6H2,1-2H3. The van der Waals surface area contributed by atoms with Crippen molar-refractivity contribution in [1.82, 2.24) is 4.72 Å². The van der Waals surface area contributed by atoms with Crippen LogP contribution >= 0.6 is 0 Å². The second-order valence-electron chi connectivity index (χ2n) is 3.49. The third-order valence-electron chi connectivity index (χ3n) is 2.29. The van der Waals surface area contributed by atoms with E-state index >= 15 is 0 Å². The largest absolute Gasteiger partial charge is 0.490 e. The van der Waals surface area contributed by atoms with E-state index in [1.54, 1.807) is 0 Å². The molecule has 9 nitrogen and oxygen atoms in total. The minimum atomic E-state index is -4.06. The first-order valence-corrected chi connectivity index (χ1v) is 6.69. The molecule has 1 rings (SSSR count). The number of rotatable bonds is 6. The van der Waals surface area contributed by atoms with Gasteiger partial charge in [-0.1, -0.05) is 0 Å². The van der Waals surface area contributed by atoms with Gasteiger partial charge in [0.25, 0.3) is 0 Å². The maximum atomic E-state index is 11.8. The number of sulfonamides is 1. The molecule has 0 atom stereocenters. The van der Waals surface area contributed by atoms with Gasteiger partial charge in [-0.25, -0.2) is 8.42 Å².